The number of hydrogen-bond donors (Lipinski definition) is 2. The van der Waals surface area contributed by atoms with Gasteiger partial charge in [-0.2, -0.15) is 4.98 Å². The summed E-state index contributed by atoms with van der Waals surface area (Å²) in [6, 6.07) is 5.02. The van der Waals surface area contributed by atoms with Crippen molar-refractivity contribution < 1.29 is 9.32 Å². The summed E-state index contributed by atoms with van der Waals surface area (Å²) >= 11 is 11.8. The zero-order chi connectivity index (χ0) is 15.2. The molecule has 2 aromatic rings. The Morgan fingerprint density at radius 1 is 1.33 bits per heavy atom. The number of aromatic nitrogens is 2. The van der Waals surface area contributed by atoms with Crippen LogP contribution in [0.2, 0.25) is 10.0 Å². The summed E-state index contributed by atoms with van der Waals surface area (Å²) in [5, 5.41) is 9.89. The number of nitrogens with zero attached hydrogens (tertiary/aromatic N) is 2. The van der Waals surface area contributed by atoms with Crippen molar-refractivity contribution in [2.75, 3.05) is 18.4 Å². The van der Waals surface area contributed by atoms with Crippen molar-refractivity contribution in [3.63, 3.8) is 0 Å². The molecule has 2 N–H and O–H groups in total. The van der Waals surface area contributed by atoms with Gasteiger partial charge in [0.1, 0.15) is 0 Å². The van der Waals surface area contributed by atoms with Gasteiger partial charge in [0.15, 0.2) is 0 Å². The lowest BCUT2D eigenvalue weighted by Crippen LogP contribution is -2.30. The number of carbonyl (C=O) groups excluding carboxylic acids is 1. The van der Waals surface area contributed by atoms with Crippen LogP contribution in [0.5, 0.6) is 0 Å². The van der Waals surface area contributed by atoms with E-state index in [1.165, 1.54) is 0 Å². The third-order valence-electron chi connectivity index (χ3n) is 2.33. The first kappa shape index (κ1) is 15.2. The number of carbonyl (C=O) groups is 1. The van der Waals surface area contributed by atoms with Crippen molar-refractivity contribution in [1.82, 2.24) is 15.5 Å². The lowest BCUT2D eigenvalue weighted by atomic mass is 10.2. The highest BCUT2D eigenvalue weighted by Gasteiger charge is 2.11. The fourth-order valence-corrected chi connectivity index (χ4v) is 1.99. The van der Waals surface area contributed by atoms with E-state index in [0.29, 0.717) is 21.4 Å². The molecule has 0 bridgehead atoms. The number of nitrogens with one attached hydrogen (secondary N) is 2. The maximum atomic E-state index is 11.3. The molecule has 0 aliphatic heterocycles. The van der Waals surface area contributed by atoms with Gasteiger partial charge in [-0.15, -0.1) is 6.42 Å². The van der Waals surface area contributed by atoms with Crippen molar-refractivity contribution in [2.45, 2.75) is 0 Å². The van der Waals surface area contributed by atoms with Gasteiger partial charge in [-0.25, -0.2) is 0 Å². The summed E-state index contributed by atoms with van der Waals surface area (Å²) in [6.45, 7) is 0.135. The van der Waals surface area contributed by atoms with Gasteiger partial charge in [-0.05, 0) is 18.2 Å². The topological polar surface area (TPSA) is 80.0 Å². The van der Waals surface area contributed by atoms with Gasteiger partial charge in [0, 0.05) is 15.6 Å². The van der Waals surface area contributed by atoms with Crippen molar-refractivity contribution in [3.8, 4) is 23.7 Å². The number of terminal acetylenes is 1. The molecule has 0 saturated carbocycles. The quantitative estimate of drug-likeness (QED) is 0.824. The SMILES string of the molecule is C#CCNC(=O)CNc1nc(-c2cc(Cl)cc(Cl)c2)no1. The predicted octanol–water partition coefficient (Wildman–Crippen LogP) is 2.20. The van der Waals surface area contributed by atoms with Crippen LogP contribution >= 0.6 is 23.2 Å². The molecule has 0 unspecified atom stereocenters. The first-order chi connectivity index (χ1) is 10.1. The van der Waals surface area contributed by atoms with E-state index in [1.807, 2.05) is 0 Å². The molecule has 8 heteroatoms. The van der Waals surface area contributed by atoms with E-state index in [0.717, 1.165) is 0 Å². The predicted molar refractivity (Wildman–Crippen MR) is 80.1 cm³/mol. The largest absolute Gasteiger partial charge is 0.344 e. The molecule has 0 saturated heterocycles. The summed E-state index contributed by atoms with van der Waals surface area (Å²) in [5.74, 6) is 2.33. The van der Waals surface area contributed by atoms with Gasteiger partial charge >= 0.3 is 6.01 Å². The highest BCUT2D eigenvalue weighted by atomic mass is 35.5. The van der Waals surface area contributed by atoms with Crippen LogP contribution in [0.15, 0.2) is 22.7 Å². The Kier molecular flexibility index (Phi) is 5.04. The number of benzene rings is 1. The summed E-state index contributed by atoms with van der Waals surface area (Å²) in [5.41, 5.74) is 0.612. The second kappa shape index (κ2) is 6.97. The lowest BCUT2D eigenvalue weighted by Gasteiger charge is -2.00. The molecule has 108 valence electrons. The Hall–Kier alpha value is -2.23. The van der Waals surface area contributed by atoms with E-state index >= 15 is 0 Å². The molecule has 0 aliphatic rings. The van der Waals surface area contributed by atoms with Crippen LogP contribution in [0.4, 0.5) is 6.01 Å². The number of hydrogen-bond acceptors (Lipinski definition) is 5. The minimum atomic E-state index is -0.279. The molecule has 1 aromatic carbocycles. The van der Waals surface area contributed by atoms with E-state index in [1.54, 1.807) is 18.2 Å². The molecule has 0 fully saturated rings. The molecule has 1 aromatic heterocycles. The Balaban J connectivity index is 2.01. The maximum Gasteiger partial charge on any atom is 0.322 e. The average molecular weight is 325 g/mol. The van der Waals surface area contributed by atoms with Crippen LogP contribution in [-0.2, 0) is 4.79 Å². The lowest BCUT2D eigenvalue weighted by molar-refractivity contribution is -0.119. The van der Waals surface area contributed by atoms with E-state index in [-0.39, 0.29) is 25.0 Å². The third kappa shape index (κ3) is 4.38. The van der Waals surface area contributed by atoms with Gasteiger partial charge < -0.3 is 15.2 Å². The van der Waals surface area contributed by atoms with Crippen LogP contribution < -0.4 is 10.6 Å². The normalized spacial score (nSPS) is 9.95. The minimum absolute atomic E-state index is 0.0282. The fourth-order valence-electron chi connectivity index (χ4n) is 1.46. The molecule has 0 radical (unpaired) electrons. The summed E-state index contributed by atoms with van der Waals surface area (Å²) < 4.78 is 4.97. The Labute approximate surface area is 130 Å². The smallest absolute Gasteiger partial charge is 0.322 e. The summed E-state index contributed by atoms with van der Waals surface area (Å²) in [4.78, 5) is 15.4. The number of amides is 1. The zero-order valence-electron chi connectivity index (χ0n) is 10.7. The van der Waals surface area contributed by atoms with Crippen LogP contribution in [0.3, 0.4) is 0 Å². The van der Waals surface area contributed by atoms with Crippen LogP contribution in [-0.4, -0.2) is 29.1 Å². The number of rotatable bonds is 5. The highest BCUT2D eigenvalue weighted by molar-refractivity contribution is 6.35. The van der Waals surface area contributed by atoms with Crippen molar-refractivity contribution in [3.05, 3.63) is 28.2 Å². The third-order valence-corrected chi connectivity index (χ3v) is 2.77. The molecular formula is C13H10Cl2N4O2. The maximum absolute atomic E-state index is 11.3. The molecule has 1 amide bonds. The number of halogens is 2. The van der Waals surface area contributed by atoms with Gasteiger partial charge in [-0.3, -0.25) is 4.79 Å². The van der Waals surface area contributed by atoms with Gasteiger partial charge in [0.2, 0.25) is 11.7 Å². The fraction of sp³-hybridized carbons (Fsp3) is 0.154. The Morgan fingerprint density at radius 2 is 2.05 bits per heavy atom. The molecular weight excluding hydrogens is 315 g/mol. The number of anilines is 1. The van der Waals surface area contributed by atoms with E-state index in [9.17, 15) is 4.79 Å². The molecule has 0 spiro atoms. The zero-order valence-corrected chi connectivity index (χ0v) is 12.2. The van der Waals surface area contributed by atoms with Crippen LogP contribution in [0.1, 0.15) is 0 Å². The van der Waals surface area contributed by atoms with Crippen molar-refractivity contribution in [1.29, 1.82) is 0 Å². The molecule has 21 heavy (non-hydrogen) atoms. The molecule has 0 atom stereocenters. The Bertz CT molecular complexity index is 673. The standard InChI is InChI=1S/C13H10Cl2N4O2/c1-2-3-16-11(20)7-17-13-18-12(19-21-13)8-4-9(14)6-10(15)5-8/h1,4-6H,3,7H2,(H,16,20)(H,17,18,19). The summed E-state index contributed by atoms with van der Waals surface area (Å²) in [7, 11) is 0. The molecule has 2 rings (SSSR count). The Morgan fingerprint density at radius 3 is 2.71 bits per heavy atom. The first-order valence-corrected chi connectivity index (χ1v) is 6.58. The second-order valence-corrected chi connectivity index (χ2v) is 4.79. The van der Waals surface area contributed by atoms with Crippen molar-refractivity contribution >= 4 is 35.1 Å². The van der Waals surface area contributed by atoms with Crippen LogP contribution in [0.25, 0.3) is 11.4 Å². The first-order valence-electron chi connectivity index (χ1n) is 5.82. The van der Waals surface area contributed by atoms with E-state index < -0.39 is 0 Å². The highest BCUT2D eigenvalue weighted by Crippen LogP contribution is 2.25. The van der Waals surface area contributed by atoms with Gasteiger partial charge in [0.25, 0.3) is 0 Å². The molecule has 0 aliphatic carbocycles. The monoisotopic (exact) mass is 324 g/mol. The average Bonchev–Trinajstić information content (AvgIpc) is 2.90. The van der Waals surface area contributed by atoms with E-state index in [2.05, 4.69) is 26.7 Å². The van der Waals surface area contributed by atoms with Crippen LogP contribution in [0, 0.1) is 12.3 Å². The second-order valence-electron chi connectivity index (χ2n) is 3.92. The summed E-state index contributed by atoms with van der Waals surface area (Å²) in [6.07, 6.45) is 5.03. The minimum Gasteiger partial charge on any atom is -0.344 e. The van der Waals surface area contributed by atoms with Crippen molar-refractivity contribution in [2.24, 2.45) is 0 Å². The van der Waals surface area contributed by atoms with Gasteiger partial charge in [-0.1, -0.05) is 34.3 Å². The van der Waals surface area contributed by atoms with E-state index in [4.69, 9.17) is 34.1 Å². The molecule has 6 nitrogen and oxygen atoms in total. The van der Waals surface area contributed by atoms with Gasteiger partial charge in [0.05, 0.1) is 13.1 Å². The molecule has 1 heterocycles.